The molecule has 2 rings (SSSR count). The summed E-state index contributed by atoms with van der Waals surface area (Å²) in [4.78, 5) is 0. The van der Waals surface area contributed by atoms with Gasteiger partial charge in [0.1, 0.15) is 5.75 Å². The van der Waals surface area contributed by atoms with Crippen molar-refractivity contribution in [3.63, 3.8) is 0 Å². The molecule has 0 spiro atoms. The van der Waals surface area contributed by atoms with Crippen LogP contribution in [0, 0.1) is 0 Å². The lowest BCUT2D eigenvalue weighted by atomic mass is 10.2. The van der Waals surface area contributed by atoms with E-state index >= 15 is 0 Å². The standard InChI is InChI=1S/C14H19N3O2/c1-3-4-8-15-10-13-16-17-14(19-13)11-6-5-7-12(9-11)18-2/h5-7,9,15H,3-4,8,10H2,1-2H3. The Labute approximate surface area is 113 Å². The Balaban J connectivity index is 1.99. The second-order valence-corrected chi connectivity index (χ2v) is 4.26. The van der Waals surface area contributed by atoms with E-state index in [2.05, 4.69) is 22.4 Å². The van der Waals surface area contributed by atoms with E-state index in [1.54, 1.807) is 7.11 Å². The first-order valence-corrected chi connectivity index (χ1v) is 6.51. The molecule has 0 aliphatic heterocycles. The summed E-state index contributed by atoms with van der Waals surface area (Å²) in [5.74, 6) is 1.90. The van der Waals surface area contributed by atoms with Crippen LogP contribution in [0.3, 0.4) is 0 Å². The first kappa shape index (κ1) is 13.5. The second kappa shape index (κ2) is 6.89. The van der Waals surface area contributed by atoms with E-state index in [1.807, 2.05) is 24.3 Å². The highest BCUT2D eigenvalue weighted by Gasteiger charge is 2.08. The van der Waals surface area contributed by atoms with E-state index in [-0.39, 0.29) is 0 Å². The summed E-state index contributed by atoms with van der Waals surface area (Å²) in [5, 5.41) is 11.3. The molecule has 0 unspecified atom stereocenters. The van der Waals surface area contributed by atoms with E-state index < -0.39 is 0 Å². The highest BCUT2D eigenvalue weighted by molar-refractivity contribution is 5.55. The minimum atomic E-state index is 0.520. The lowest BCUT2D eigenvalue weighted by molar-refractivity contribution is 0.414. The number of unbranched alkanes of at least 4 members (excludes halogenated alkanes) is 1. The van der Waals surface area contributed by atoms with E-state index in [4.69, 9.17) is 9.15 Å². The molecule has 1 aromatic carbocycles. The summed E-state index contributed by atoms with van der Waals surface area (Å²) in [6, 6.07) is 7.58. The smallest absolute Gasteiger partial charge is 0.247 e. The van der Waals surface area contributed by atoms with E-state index in [1.165, 1.54) is 6.42 Å². The van der Waals surface area contributed by atoms with Gasteiger partial charge in [0.2, 0.25) is 11.8 Å². The Morgan fingerprint density at radius 2 is 2.21 bits per heavy atom. The molecule has 1 heterocycles. The topological polar surface area (TPSA) is 60.2 Å². The molecule has 0 aliphatic rings. The summed E-state index contributed by atoms with van der Waals surface area (Å²) < 4.78 is 10.8. The number of methoxy groups -OCH3 is 1. The van der Waals surface area contributed by atoms with Gasteiger partial charge in [-0.2, -0.15) is 0 Å². The third kappa shape index (κ3) is 3.79. The summed E-state index contributed by atoms with van der Waals surface area (Å²) in [5.41, 5.74) is 0.867. The molecule has 19 heavy (non-hydrogen) atoms. The predicted molar refractivity (Wildman–Crippen MR) is 72.9 cm³/mol. The normalized spacial score (nSPS) is 10.6. The summed E-state index contributed by atoms with van der Waals surface area (Å²) in [6.45, 7) is 3.74. The van der Waals surface area contributed by atoms with Crippen LogP contribution >= 0.6 is 0 Å². The zero-order chi connectivity index (χ0) is 13.5. The van der Waals surface area contributed by atoms with Crippen LogP contribution in [-0.2, 0) is 6.54 Å². The van der Waals surface area contributed by atoms with E-state index in [0.29, 0.717) is 18.3 Å². The zero-order valence-corrected chi connectivity index (χ0v) is 11.3. The van der Waals surface area contributed by atoms with Crippen molar-refractivity contribution in [3.8, 4) is 17.2 Å². The number of ether oxygens (including phenoxy) is 1. The molecule has 2 aromatic rings. The fraction of sp³-hybridized carbons (Fsp3) is 0.429. The largest absolute Gasteiger partial charge is 0.497 e. The van der Waals surface area contributed by atoms with Gasteiger partial charge in [-0.3, -0.25) is 0 Å². The van der Waals surface area contributed by atoms with Crippen LogP contribution < -0.4 is 10.1 Å². The second-order valence-electron chi connectivity index (χ2n) is 4.26. The molecule has 1 N–H and O–H groups in total. The van der Waals surface area contributed by atoms with E-state index in [0.717, 1.165) is 24.3 Å². The van der Waals surface area contributed by atoms with E-state index in [9.17, 15) is 0 Å². The summed E-state index contributed by atoms with van der Waals surface area (Å²) >= 11 is 0. The summed E-state index contributed by atoms with van der Waals surface area (Å²) in [7, 11) is 1.63. The SMILES string of the molecule is CCCCNCc1nnc(-c2cccc(OC)c2)o1. The van der Waals surface area contributed by atoms with Crippen molar-refractivity contribution < 1.29 is 9.15 Å². The van der Waals surface area contributed by atoms with Gasteiger partial charge >= 0.3 is 0 Å². The lowest BCUT2D eigenvalue weighted by Crippen LogP contribution is -2.14. The number of nitrogens with zero attached hydrogens (tertiary/aromatic N) is 2. The van der Waals surface area contributed by atoms with Crippen LogP contribution in [0.4, 0.5) is 0 Å². The van der Waals surface area contributed by atoms with Crippen molar-refractivity contribution in [2.75, 3.05) is 13.7 Å². The van der Waals surface area contributed by atoms with Crippen molar-refractivity contribution in [2.45, 2.75) is 26.3 Å². The van der Waals surface area contributed by atoms with Crippen LogP contribution in [0.25, 0.3) is 11.5 Å². The quantitative estimate of drug-likeness (QED) is 0.776. The Bertz CT molecular complexity index is 511. The van der Waals surface area contributed by atoms with Gasteiger partial charge in [0, 0.05) is 5.56 Å². The van der Waals surface area contributed by atoms with Gasteiger partial charge in [-0.25, -0.2) is 0 Å². The molecule has 102 valence electrons. The zero-order valence-electron chi connectivity index (χ0n) is 11.3. The van der Waals surface area contributed by atoms with Crippen molar-refractivity contribution in [1.82, 2.24) is 15.5 Å². The fourth-order valence-electron chi connectivity index (χ4n) is 1.69. The van der Waals surface area contributed by atoms with Crippen LogP contribution in [0.2, 0.25) is 0 Å². The molecule has 0 saturated heterocycles. The molecular formula is C14H19N3O2. The average molecular weight is 261 g/mol. The van der Waals surface area contributed by atoms with Gasteiger partial charge in [0.25, 0.3) is 0 Å². The number of rotatable bonds is 7. The van der Waals surface area contributed by atoms with Gasteiger partial charge < -0.3 is 14.5 Å². The highest BCUT2D eigenvalue weighted by atomic mass is 16.5. The third-order valence-electron chi connectivity index (χ3n) is 2.77. The first-order chi connectivity index (χ1) is 9.33. The Morgan fingerprint density at radius 1 is 1.32 bits per heavy atom. The number of benzene rings is 1. The highest BCUT2D eigenvalue weighted by Crippen LogP contribution is 2.22. The van der Waals surface area contributed by atoms with Gasteiger partial charge in [-0.15, -0.1) is 10.2 Å². The van der Waals surface area contributed by atoms with Crippen LogP contribution in [0.1, 0.15) is 25.7 Å². The molecule has 0 atom stereocenters. The fourth-order valence-corrected chi connectivity index (χ4v) is 1.69. The third-order valence-corrected chi connectivity index (χ3v) is 2.77. The molecule has 0 bridgehead atoms. The first-order valence-electron chi connectivity index (χ1n) is 6.51. The maximum absolute atomic E-state index is 5.61. The maximum Gasteiger partial charge on any atom is 0.247 e. The van der Waals surface area contributed by atoms with Gasteiger partial charge in [0.15, 0.2) is 0 Å². The minimum Gasteiger partial charge on any atom is -0.497 e. The van der Waals surface area contributed by atoms with Crippen molar-refractivity contribution in [3.05, 3.63) is 30.2 Å². The van der Waals surface area contributed by atoms with Crippen molar-refractivity contribution >= 4 is 0 Å². The maximum atomic E-state index is 5.61. The molecule has 0 fully saturated rings. The van der Waals surface area contributed by atoms with Crippen LogP contribution in [0.5, 0.6) is 5.75 Å². The number of hydrogen-bond donors (Lipinski definition) is 1. The van der Waals surface area contributed by atoms with Gasteiger partial charge in [-0.1, -0.05) is 19.4 Å². The van der Waals surface area contributed by atoms with Crippen molar-refractivity contribution in [1.29, 1.82) is 0 Å². The molecule has 0 radical (unpaired) electrons. The number of hydrogen-bond acceptors (Lipinski definition) is 5. The Kier molecular flexibility index (Phi) is 4.92. The monoisotopic (exact) mass is 261 g/mol. The molecule has 0 aliphatic carbocycles. The van der Waals surface area contributed by atoms with Crippen molar-refractivity contribution in [2.24, 2.45) is 0 Å². The summed E-state index contributed by atoms with van der Waals surface area (Å²) in [6.07, 6.45) is 2.32. The molecular weight excluding hydrogens is 242 g/mol. The van der Waals surface area contributed by atoms with Crippen LogP contribution in [0.15, 0.2) is 28.7 Å². The molecule has 0 saturated carbocycles. The Hall–Kier alpha value is -1.88. The van der Waals surface area contributed by atoms with Crippen LogP contribution in [-0.4, -0.2) is 23.9 Å². The Morgan fingerprint density at radius 3 is 3.00 bits per heavy atom. The van der Waals surface area contributed by atoms with Gasteiger partial charge in [0.05, 0.1) is 13.7 Å². The minimum absolute atomic E-state index is 0.520. The molecule has 5 nitrogen and oxygen atoms in total. The number of nitrogens with one attached hydrogen (secondary N) is 1. The predicted octanol–water partition coefficient (Wildman–Crippen LogP) is 2.63. The molecule has 1 aromatic heterocycles. The van der Waals surface area contributed by atoms with Gasteiger partial charge in [-0.05, 0) is 31.2 Å². The number of aromatic nitrogens is 2. The molecule has 0 amide bonds. The lowest BCUT2D eigenvalue weighted by Gasteiger charge is -2.00. The molecule has 5 heteroatoms. The average Bonchev–Trinajstić information content (AvgIpc) is 2.92.